The number of rotatable bonds is 49. The maximum absolute atomic E-state index is 12.8. The second kappa shape index (κ2) is 52.0. The molecule has 2 atom stereocenters. The summed E-state index contributed by atoms with van der Waals surface area (Å²) in [5.74, 6) is -0.889. The first-order valence-electron chi connectivity index (χ1n) is 27.9. The molecule has 0 bridgehead atoms. The van der Waals surface area contributed by atoms with Gasteiger partial charge in [0.15, 0.2) is 6.10 Å². The normalized spacial score (nSPS) is 14.4. The van der Waals surface area contributed by atoms with Gasteiger partial charge in [-0.15, -0.1) is 0 Å². The SMILES string of the molecule is CC/C=C\C/C=C\C/C=C\C/C=C\C/C=C\C/C=C\C/C=C\C/C=C\CCCCCCC(=O)OC(COC(=O)CCCCCCCC/C=C\C/C=C\C/C=C\CCCCC)COP(=O)([O-])OCC[N+](C)(C)C. The van der Waals surface area contributed by atoms with Gasteiger partial charge in [-0.1, -0.05) is 199 Å². The van der Waals surface area contributed by atoms with Gasteiger partial charge < -0.3 is 27.9 Å². The predicted molar refractivity (Wildman–Crippen MR) is 304 cm³/mol. The molecule has 0 aliphatic rings. The molecule has 0 radical (unpaired) electrons. The molecular weight excluding hydrogens is 918 g/mol. The van der Waals surface area contributed by atoms with Crippen LogP contribution in [0.3, 0.4) is 0 Å². The summed E-state index contributed by atoms with van der Waals surface area (Å²) in [4.78, 5) is 37.8. The Kier molecular flexibility index (Phi) is 49.2. The highest BCUT2D eigenvalue weighted by molar-refractivity contribution is 7.45. The highest BCUT2D eigenvalue weighted by Gasteiger charge is 2.21. The fourth-order valence-electron chi connectivity index (χ4n) is 6.85. The molecule has 0 aromatic rings. The third kappa shape index (κ3) is 55.5. The summed E-state index contributed by atoms with van der Waals surface area (Å²) >= 11 is 0. The summed E-state index contributed by atoms with van der Waals surface area (Å²) in [6.45, 7) is 4.02. The average Bonchev–Trinajstić information content (AvgIpc) is 3.34. The second-order valence-corrected chi connectivity index (χ2v) is 20.6. The number of allylic oxidation sites excluding steroid dienone is 22. The van der Waals surface area contributed by atoms with Crippen molar-refractivity contribution in [2.45, 2.75) is 200 Å². The van der Waals surface area contributed by atoms with Crippen LogP contribution in [-0.2, 0) is 32.7 Å². The van der Waals surface area contributed by atoms with Gasteiger partial charge in [-0.25, -0.2) is 0 Å². The Morgan fingerprint density at radius 3 is 1.18 bits per heavy atom. The first-order chi connectivity index (χ1) is 35.0. The van der Waals surface area contributed by atoms with Crippen LogP contribution in [0.1, 0.15) is 194 Å². The van der Waals surface area contributed by atoms with Gasteiger partial charge in [0.1, 0.15) is 19.8 Å². The van der Waals surface area contributed by atoms with Crippen molar-refractivity contribution in [2.75, 3.05) is 47.5 Å². The van der Waals surface area contributed by atoms with Gasteiger partial charge in [0.25, 0.3) is 7.82 Å². The molecule has 408 valence electrons. The van der Waals surface area contributed by atoms with Crippen molar-refractivity contribution in [1.29, 1.82) is 0 Å². The first-order valence-corrected chi connectivity index (χ1v) is 29.4. The number of carbonyl (C=O) groups excluding carboxylic acids is 2. The second-order valence-electron chi connectivity index (χ2n) is 19.2. The van der Waals surface area contributed by atoms with Gasteiger partial charge in [0, 0.05) is 12.8 Å². The zero-order valence-electron chi connectivity index (χ0n) is 46.1. The van der Waals surface area contributed by atoms with Crippen LogP contribution in [0.2, 0.25) is 0 Å². The lowest BCUT2D eigenvalue weighted by molar-refractivity contribution is -0.870. The van der Waals surface area contributed by atoms with E-state index in [-0.39, 0.29) is 26.1 Å². The van der Waals surface area contributed by atoms with Crippen LogP contribution in [-0.4, -0.2) is 70.0 Å². The number of quaternary nitrogens is 1. The van der Waals surface area contributed by atoms with E-state index < -0.39 is 32.5 Å². The summed E-state index contributed by atoms with van der Waals surface area (Å²) in [6.07, 6.45) is 74.8. The van der Waals surface area contributed by atoms with Crippen LogP contribution >= 0.6 is 7.82 Å². The van der Waals surface area contributed by atoms with E-state index in [1.54, 1.807) is 0 Å². The molecule has 0 aromatic heterocycles. The standard InChI is InChI=1S/C62H102NO8P/c1-6-8-10-12-14-16-18-20-22-24-26-27-28-29-30-31-32-33-34-35-37-39-41-43-45-47-49-51-53-55-62(65)71-60(59-70-72(66,67)69-57-56-63(3,4)5)58-68-61(64)54-52-50-48-46-44-42-40-38-36-25-23-21-19-17-15-13-11-9-7-2/h8,10,14-17,20-23,26-27,29-30,32-33,35-38,41,43,60H,6-7,9,11-13,18-19,24-25,28,31,34,39-40,42,44-59H2,1-5H3/b10-8-,16-14-,17-15-,22-20-,23-21-,27-26-,30-29-,33-32-,37-35-,38-36-,43-41-. The van der Waals surface area contributed by atoms with E-state index in [0.29, 0.717) is 23.9 Å². The molecule has 0 saturated carbocycles. The minimum Gasteiger partial charge on any atom is -0.756 e. The van der Waals surface area contributed by atoms with Crippen LogP contribution in [0.5, 0.6) is 0 Å². The Bertz CT molecular complexity index is 1670. The molecule has 2 unspecified atom stereocenters. The van der Waals surface area contributed by atoms with Crippen LogP contribution in [0.4, 0.5) is 0 Å². The minimum absolute atomic E-state index is 0.0467. The number of unbranched alkanes of at least 4 members (excludes halogenated alkanes) is 13. The zero-order valence-corrected chi connectivity index (χ0v) is 47.0. The number of ether oxygens (including phenoxy) is 2. The van der Waals surface area contributed by atoms with E-state index in [0.717, 1.165) is 128 Å². The van der Waals surface area contributed by atoms with Crippen molar-refractivity contribution in [3.8, 4) is 0 Å². The molecule has 0 amide bonds. The number of esters is 2. The summed E-state index contributed by atoms with van der Waals surface area (Å²) in [7, 11) is 1.12. The lowest BCUT2D eigenvalue weighted by Crippen LogP contribution is -2.37. The molecule has 72 heavy (non-hydrogen) atoms. The number of hydrogen-bond acceptors (Lipinski definition) is 8. The summed E-state index contributed by atoms with van der Waals surface area (Å²) < 4.78 is 34.1. The molecular formula is C62H102NO8P. The van der Waals surface area contributed by atoms with E-state index in [2.05, 4.69) is 148 Å². The van der Waals surface area contributed by atoms with Crippen molar-refractivity contribution in [1.82, 2.24) is 0 Å². The molecule has 0 aromatic carbocycles. The number of carbonyl (C=O) groups is 2. The van der Waals surface area contributed by atoms with Crippen molar-refractivity contribution >= 4 is 19.8 Å². The molecule has 0 rings (SSSR count). The molecule has 0 fully saturated rings. The zero-order chi connectivity index (χ0) is 52.7. The van der Waals surface area contributed by atoms with Crippen molar-refractivity contribution in [2.24, 2.45) is 0 Å². The van der Waals surface area contributed by atoms with E-state index in [4.69, 9.17) is 18.5 Å². The van der Waals surface area contributed by atoms with E-state index in [1.807, 2.05) is 21.1 Å². The largest absolute Gasteiger partial charge is 0.756 e. The number of phosphoric acid groups is 1. The van der Waals surface area contributed by atoms with Crippen LogP contribution in [0, 0.1) is 0 Å². The van der Waals surface area contributed by atoms with Crippen LogP contribution in [0.15, 0.2) is 134 Å². The molecule has 10 heteroatoms. The predicted octanol–water partition coefficient (Wildman–Crippen LogP) is 16.7. The van der Waals surface area contributed by atoms with E-state index in [1.165, 1.54) is 25.7 Å². The smallest absolute Gasteiger partial charge is 0.306 e. The summed E-state index contributed by atoms with van der Waals surface area (Å²) in [6, 6.07) is 0. The van der Waals surface area contributed by atoms with Crippen LogP contribution < -0.4 is 4.89 Å². The maximum atomic E-state index is 12.8. The summed E-state index contributed by atoms with van der Waals surface area (Å²) in [5, 5.41) is 0. The maximum Gasteiger partial charge on any atom is 0.306 e. The number of phosphoric ester groups is 1. The lowest BCUT2D eigenvalue weighted by Gasteiger charge is -2.28. The quantitative estimate of drug-likeness (QED) is 0.0195. The molecule has 9 nitrogen and oxygen atoms in total. The molecule has 0 spiro atoms. The Labute approximate surface area is 441 Å². The fraction of sp³-hybridized carbons (Fsp3) is 0.613. The van der Waals surface area contributed by atoms with Crippen molar-refractivity contribution in [3.05, 3.63) is 134 Å². The van der Waals surface area contributed by atoms with Crippen molar-refractivity contribution < 1.29 is 42.1 Å². The Morgan fingerprint density at radius 1 is 0.444 bits per heavy atom. The molecule has 0 saturated heterocycles. The Balaban J connectivity index is 4.33. The average molecular weight is 1020 g/mol. The van der Waals surface area contributed by atoms with Gasteiger partial charge in [0.05, 0.1) is 27.7 Å². The van der Waals surface area contributed by atoms with Gasteiger partial charge >= 0.3 is 11.9 Å². The minimum atomic E-state index is -4.66. The van der Waals surface area contributed by atoms with E-state index in [9.17, 15) is 19.0 Å². The molecule has 0 aliphatic heterocycles. The number of hydrogen-bond donors (Lipinski definition) is 0. The first kappa shape index (κ1) is 68.2. The Hall–Kier alpha value is -3.85. The van der Waals surface area contributed by atoms with Gasteiger partial charge in [-0.2, -0.15) is 0 Å². The highest BCUT2D eigenvalue weighted by atomic mass is 31.2. The van der Waals surface area contributed by atoms with Gasteiger partial charge in [-0.05, 0) is 116 Å². The fourth-order valence-corrected chi connectivity index (χ4v) is 7.58. The molecule has 0 aliphatic carbocycles. The highest BCUT2D eigenvalue weighted by Crippen LogP contribution is 2.38. The van der Waals surface area contributed by atoms with Gasteiger partial charge in [0.2, 0.25) is 0 Å². The van der Waals surface area contributed by atoms with Gasteiger partial charge in [-0.3, -0.25) is 14.2 Å². The molecule has 0 N–H and O–H groups in total. The van der Waals surface area contributed by atoms with Crippen LogP contribution in [0.25, 0.3) is 0 Å². The topological polar surface area (TPSA) is 111 Å². The number of likely N-dealkylation sites (N-methyl/N-ethyl adjacent to an activating group) is 1. The van der Waals surface area contributed by atoms with E-state index >= 15 is 0 Å². The van der Waals surface area contributed by atoms with Crippen molar-refractivity contribution in [3.63, 3.8) is 0 Å². The lowest BCUT2D eigenvalue weighted by atomic mass is 10.1. The third-order valence-electron chi connectivity index (χ3n) is 11.2. The third-order valence-corrected chi connectivity index (χ3v) is 12.1. The monoisotopic (exact) mass is 1020 g/mol. The summed E-state index contributed by atoms with van der Waals surface area (Å²) in [5.41, 5.74) is 0. The molecule has 0 heterocycles. The number of nitrogens with zero attached hydrogens (tertiary/aromatic N) is 1. The Morgan fingerprint density at radius 2 is 0.792 bits per heavy atom.